The number of amides is 1. The molecule has 4 bridgehead atoms. The summed E-state index contributed by atoms with van der Waals surface area (Å²) in [7, 11) is 0. The summed E-state index contributed by atoms with van der Waals surface area (Å²) in [4.78, 5) is 15.5. The van der Waals surface area contributed by atoms with E-state index in [1.54, 1.807) is 0 Å². The topological polar surface area (TPSA) is 89.3 Å². The van der Waals surface area contributed by atoms with Crippen LogP contribution in [-0.4, -0.2) is 41.3 Å². The quantitative estimate of drug-likeness (QED) is 0.678. The predicted molar refractivity (Wildman–Crippen MR) is 107 cm³/mol. The molecule has 4 saturated carbocycles. The lowest BCUT2D eigenvalue weighted by Crippen LogP contribution is -2.63. The molecule has 0 radical (unpaired) electrons. The largest absolute Gasteiger partial charge is 0.393 e. The van der Waals surface area contributed by atoms with E-state index in [0.29, 0.717) is 47.8 Å². The van der Waals surface area contributed by atoms with Crippen LogP contribution in [0.1, 0.15) is 38.5 Å². The third-order valence-corrected chi connectivity index (χ3v) is 9.14. The Hall–Kier alpha value is -1.89. The van der Waals surface area contributed by atoms with Gasteiger partial charge in [0.1, 0.15) is 6.17 Å². The third-order valence-electron chi connectivity index (χ3n) is 9.14. The summed E-state index contributed by atoms with van der Waals surface area (Å²) >= 11 is 0. The number of aliphatic hydroxyl groups is 1. The molecule has 0 spiro atoms. The van der Waals surface area contributed by atoms with Gasteiger partial charge in [-0.15, -0.1) is 0 Å². The maximum atomic E-state index is 13.4. The molecule has 5 fully saturated rings. The lowest BCUT2D eigenvalue weighted by atomic mass is 9.40. The molecule has 7 aliphatic rings. The van der Waals surface area contributed by atoms with Crippen molar-refractivity contribution >= 4 is 5.91 Å². The first-order chi connectivity index (χ1) is 14.1. The summed E-state index contributed by atoms with van der Waals surface area (Å²) in [6.45, 7) is 1.56. The van der Waals surface area contributed by atoms with Gasteiger partial charge in [0.15, 0.2) is 0 Å². The van der Waals surface area contributed by atoms with E-state index < -0.39 is 0 Å². The average Bonchev–Trinajstić information content (AvgIpc) is 3.20. The zero-order valence-corrected chi connectivity index (χ0v) is 16.8. The molecule has 0 aromatic rings. The summed E-state index contributed by atoms with van der Waals surface area (Å²) in [6.07, 6.45) is 15.1. The molecule has 7 rings (SSSR count). The first kappa shape index (κ1) is 17.9. The van der Waals surface area contributed by atoms with Crippen molar-refractivity contribution in [2.45, 2.75) is 50.8 Å². The van der Waals surface area contributed by atoms with Crippen LogP contribution in [-0.2, 0) is 4.79 Å². The monoisotopic (exact) mass is 397 g/mol. The minimum Gasteiger partial charge on any atom is -0.393 e. The average molecular weight is 398 g/mol. The van der Waals surface area contributed by atoms with E-state index in [2.05, 4.69) is 45.6 Å². The highest BCUT2D eigenvalue weighted by Crippen LogP contribution is 2.67. The van der Waals surface area contributed by atoms with Crippen LogP contribution < -0.4 is 10.9 Å². The van der Waals surface area contributed by atoms with Gasteiger partial charge >= 0.3 is 0 Å². The zero-order chi connectivity index (χ0) is 19.6. The standard InChI is InChI=1S/C22H31N5O2/c28-19(27-11-15(12-27)21-23-25-26-24-21)10-22(16-4-2-1-3-5-16)17-6-13-7-18(22)9-14(8-17)20(13)29/h1-4,13-18,20-21,29H,5-12H2,(H,23,26)(H,24,25). The fraction of sp³-hybridized carbons (Fsp3) is 0.773. The van der Waals surface area contributed by atoms with Gasteiger partial charge in [-0.3, -0.25) is 15.6 Å². The number of hydrogen-bond acceptors (Lipinski definition) is 6. The van der Waals surface area contributed by atoms with E-state index >= 15 is 0 Å². The SMILES string of the molecule is O=C(CC1(C2C=CC=CC2)C2CC3CC1CC(C2)C3O)N1CC(C2NN=NN2)C1. The van der Waals surface area contributed by atoms with Crippen molar-refractivity contribution in [2.75, 3.05) is 13.1 Å². The second kappa shape index (κ2) is 6.56. The summed E-state index contributed by atoms with van der Waals surface area (Å²) in [5.74, 6) is 3.22. The molecule has 1 unspecified atom stereocenters. The maximum absolute atomic E-state index is 13.4. The molecule has 7 nitrogen and oxygen atoms in total. The molecule has 5 aliphatic carbocycles. The van der Waals surface area contributed by atoms with Crippen molar-refractivity contribution in [2.24, 2.45) is 51.4 Å². The fourth-order valence-electron chi connectivity index (χ4n) is 7.73. The van der Waals surface area contributed by atoms with Gasteiger partial charge in [-0.05, 0) is 67.1 Å². The Morgan fingerprint density at radius 2 is 1.69 bits per heavy atom. The number of aliphatic hydroxyl groups excluding tert-OH is 1. The first-order valence-corrected chi connectivity index (χ1v) is 11.3. The molecule has 0 aromatic carbocycles. The summed E-state index contributed by atoms with van der Waals surface area (Å²) in [6, 6.07) is 0. The number of carbonyl (C=O) groups excluding carboxylic acids is 1. The summed E-state index contributed by atoms with van der Waals surface area (Å²) in [5, 5.41) is 18.2. The Morgan fingerprint density at radius 1 is 1.03 bits per heavy atom. The van der Waals surface area contributed by atoms with Crippen molar-refractivity contribution < 1.29 is 9.90 Å². The van der Waals surface area contributed by atoms with Crippen molar-refractivity contribution in [1.82, 2.24) is 15.8 Å². The van der Waals surface area contributed by atoms with Gasteiger partial charge in [-0.2, -0.15) is 0 Å². The molecule has 1 amide bonds. The molecular weight excluding hydrogens is 366 g/mol. The van der Waals surface area contributed by atoms with Gasteiger partial charge in [0.25, 0.3) is 0 Å². The molecule has 3 N–H and O–H groups in total. The molecule has 2 heterocycles. The predicted octanol–water partition coefficient (Wildman–Crippen LogP) is 2.18. The van der Waals surface area contributed by atoms with Crippen molar-refractivity contribution in [3.8, 4) is 0 Å². The Labute approximate surface area is 171 Å². The van der Waals surface area contributed by atoms with Gasteiger partial charge in [-0.1, -0.05) is 34.8 Å². The first-order valence-electron chi connectivity index (χ1n) is 11.3. The molecule has 1 atom stereocenters. The van der Waals surface area contributed by atoms with Gasteiger partial charge in [-0.25, -0.2) is 0 Å². The summed E-state index contributed by atoms with van der Waals surface area (Å²) in [5.41, 5.74) is 6.02. The van der Waals surface area contributed by atoms with Crippen molar-refractivity contribution in [1.29, 1.82) is 0 Å². The van der Waals surface area contributed by atoms with Gasteiger partial charge in [0, 0.05) is 25.4 Å². The second-order valence-corrected chi connectivity index (χ2v) is 10.3. The van der Waals surface area contributed by atoms with Crippen LogP contribution in [0.25, 0.3) is 0 Å². The smallest absolute Gasteiger partial charge is 0.223 e. The van der Waals surface area contributed by atoms with Crippen LogP contribution in [0.4, 0.5) is 0 Å². The molecule has 156 valence electrons. The molecule has 1 saturated heterocycles. The lowest BCUT2D eigenvalue weighted by Gasteiger charge is -2.65. The van der Waals surface area contributed by atoms with Crippen LogP contribution >= 0.6 is 0 Å². The Balaban J connectivity index is 1.22. The van der Waals surface area contributed by atoms with E-state index in [0.717, 1.165) is 45.2 Å². The Bertz CT molecular complexity index is 733. The van der Waals surface area contributed by atoms with Gasteiger partial charge in [0.2, 0.25) is 5.91 Å². The number of likely N-dealkylation sites (tertiary alicyclic amines) is 1. The zero-order valence-electron chi connectivity index (χ0n) is 16.8. The van der Waals surface area contributed by atoms with E-state index in [1.165, 1.54) is 0 Å². The Morgan fingerprint density at radius 3 is 2.28 bits per heavy atom. The third kappa shape index (κ3) is 2.62. The van der Waals surface area contributed by atoms with Crippen LogP contribution in [0.2, 0.25) is 0 Å². The van der Waals surface area contributed by atoms with Crippen molar-refractivity contribution in [3.05, 3.63) is 24.3 Å². The highest BCUT2D eigenvalue weighted by molar-refractivity contribution is 5.78. The van der Waals surface area contributed by atoms with Crippen LogP contribution in [0.15, 0.2) is 34.8 Å². The highest BCUT2D eigenvalue weighted by Gasteiger charge is 2.62. The maximum Gasteiger partial charge on any atom is 0.223 e. The fourth-order valence-corrected chi connectivity index (χ4v) is 7.73. The van der Waals surface area contributed by atoms with Crippen molar-refractivity contribution in [3.63, 3.8) is 0 Å². The van der Waals surface area contributed by atoms with E-state index in [-0.39, 0.29) is 17.7 Å². The number of allylic oxidation sites excluding steroid dienone is 4. The van der Waals surface area contributed by atoms with Crippen LogP contribution in [0, 0.1) is 40.9 Å². The number of hydrogen-bond donors (Lipinski definition) is 3. The number of nitrogens with one attached hydrogen (secondary N) is 2. The normalized spacial score (nSPS) is 45.3. The number of carbonyl (C=O) groups is 1. The van der Waals surface area contributed by atoms with Crippen LogP contribution in [0.3, 0.4) is 0 Å². The van der Waals surface area contributed by atoms with Gasteiger partial charge in [0.05, 0.1) is 6.10 Å². The highest BCUT2D eigenvalue weighted by atomic mass is 16.3. The van der Waals surface area contributed by atoms with Crippen LogP contribution in [0.5, 0.6) is 0 Å². The lowest BCUT2D eigenvalue weighted by molar-refractivity contribution is -0.190. The van der Waals surface area contributed by atoms with E-state index in [9.17, 15) is 9.90 Å². The minimum atomic E-state index is -0.101. The minimum absolute atomic E-state index is 0.0575. The van der Waals surface area contributed by atoms with E-state index in [4.69, 9.17) is 0 Å². The molecule has 0 aromatic heterocycles. The second-order valence-electron chi connectivity index (χ2n) is 10.3. The number of rotatable bonds is 4. The van der Waals surface area contributed by atoms with Gasteiger partial charge < -0.3 is 10.0 Å². The Kier molecular flexibility index (Phi) is 4.05. The number of nitrogens with zero attached hydrogens (tertiary/aromatic N) is 3. The molecular formula is C22H31N5O2. The summed E-state index contributed by atoms with van der Waals surface area (Å²) < 4.78 is 0. The molecule has 2 aliphatic heterocycles. The van der Waals surface area contributed by atoms with E-state index in [1.807, 2.05) is 4.90 Å². The molecule has 29 heavy (non-hydrogen) atoms. The molecule has 7 heteroatoms.